The second-order valence-electron chi connectivity index (χ2n) is 8.95. The first kappa shape index (κ1) is 22.8. The van der Waals surface area contributed by atoms with Crippen LogP contribution in [0.4, 0.5) is 23.1 Å². The minimum atomic E-state index is -0.0615. The lowest BCUT2D eigenvalue weighted by atomic mass is 10.2. The van der Waals surface area contributed by atoms with Crippen LogP contribution < -0.4 is 20.4 Å². The lowest BCUT2D eigenvalue weighted by Gasteiger charge is -2.33. The fraction of sp³-hybridized carbons (Fsp3) is 0.308. The van der Waals surface area contributed by atoms with Crippen LogP contribution in [0.3, 0.4) is 0 Å². The summed E-state index contributed by atoms with van der Waals surface area (Å²) in [4.78, 5) is 29.6. The summed E-state index contributed by atoms with van der Waals surface area (Å²) in [7, 11) is 1.74. The number of hydrogen-bond donors (Lipinski definition) is 2. The maximum Gasteiger partial charge on any atom is 0.229 e. The molecule has 1 aromatic carbocycles. The highest BCUT2D eigenvalue weighted by molar-refractivity contribution is 5.90. The summed E-state index contributed by atoms with van der Waals surface area (Å²) in [5, 5.41) is 7.75. The number of rotatable bonds is 6. The zero-order chi connectivity index (χ0) is 24.4. The molecule has 2 N–H and O–H groups in total. The molecule has 0 radical (unpaired) electrons. The number of benzene rings is 1. The predicted octanol–water partition coefficient (Wildman–Crippen LogP) is 3.40. The molecule has 180 valence electrons. The van der Waals surface area contributed by atoms with Gasteiger partial charge in [-0.3, -0.25) is 9.69 Å². The molecule has 4 aromatic rings. The molecule has 1 atom stereocenters. The Morgan fingerprint density at radius 2 is 2.03 bits per heavy atom. The van der Waals surface area contributed by atoms with Crippen molar-refractivity contribution < 1.29 is 4.79 Å². The second-order valence-corrected chi connectivity index (χ2v) is 8.95. The van der Waals surface area contributed by atoms with Crippen molar-refractivity contribution >= 4 is 40.1 Å². The quantitative estimate of drug-likeness (QED) is 0.446. The number of nitrogens with zero attached hydrogens (tertiary/aromatic N) is 6. The van der Waals surface area contributed by atoms with E-state index in [9.17, 15) is 4.79 Å². The van der Waals surface area contributed by atoms with E-state index in [1.54, 1.807) is 18.1 Å². The predicted molar refractivity (Wildman–Crippen MR) is 139 cm³/mol. The molecule has 0 bridgehead atoms. The molecule has 9 nitrogen and oxygen atoms in total. The Balaban J connectivity index is 1.35. The average Bonchev–Trinajstić information content (AvgIpc) is 3.26. The van der Waals surface area contributed by atoms with Gasteiger partial charge in [0.25, 0.3) is 0 Å². The standard InChI is InChI=1S/C26H30N8O/c1-18-16-33(14-12-27-18)23-8-6-22(7-9-23)30-26-29-15-20-10-13-34(25(20)31-26)17-21-5-4-11-28-24(21)32(3)19(2)35/h4-11,13,15,18,27H,12,14,16-17H2,1-3H3,(H,29,30,31)/t18-/m0/s1. The number of piperazine rings is 1. The van der Waals surface area contributed by atoms with Gasteiger partial charge in [0.05, 0.1) is 6.54 Å². The van der Waals surface area contributed by atoms with E-state index in [0.717, 1.165) is 41.9 Å². The third-order valence-corrected chi connectivity index (χ3v) is 6.36. The molecular formula is C26H30N8O. The van der Waals surface area contributed by atoms with Gasteiger partial charge in [-0.15, -0.1) is 0 Å². The number of anilines is 4. The molecule has 35 heavy (non-hydrogen) atoms. The van der Waals surface area contributed by atoms with E-state index in [2.05, 4.69) is 56.7 Å². The summed E-state index contributed by atoms with van der Waals surface area (Å²) in [6, 6.07) is 14.7. The van der Waals surface area contributed by atoms with E-state index in [1.807, 2.05) is 35.2 Å². The lowest BCUT2D eigenvalue weighted by Crippen LogP contribution is -2.49. The zero-order valence-electron chi connectivity index (χ0n) is 20.3. The first-order valence-electron chi connectivity index (χ1n) is 11.8. The van der Waals surface area contributed by atoms with Gasteiger partial charge in [-0.1, -0.05) is 6.07 Å². The molecule has 5 rings (SSSR count). The van der Waals surface area contributed by atoms with Crippen molar-refractivity contribution in [2.45, 2.75) is 26.4 Å². The van der Waals surface area contributed by atoms with Crippen LogP contribution in [0, 0.1) is 0 Å². The lowest BCUT2D eigenvalue weighted by molar-refractivity contribution is -0.116. The maximum atomic E-state index is 11.9. The summed E-state index contributed by atoms with van der Waals surface area (Å²) in [6.07, 6.45) is 5.50. The van der Waals surface area contributed by atoms with E-state index < -0.39 is 0 Å². The van der Waals surface area contributed by atoms with Gasteiger partial charge < -0.3 is 20.1 Å². The number of nitrogens with one attached hydrogen (secondary N) is 2. The molecule has 0 saturated carbocycles. The highest BCUT2D eigenvalue weighted by atomic mass is 16.2. The molecule has 0 spiro atoms. The van der Waals surface area contributed by atoms with Crippen LogP contribution in [0.2, 0.25) is 0 Å². The highest BCUT2D eigenvalue weighted by Gasteiger charge is 2.16. The van der Waals surface area contributed by atoms with Crippen molar-refractivity contribution in [3.05, 3.63) is 66.6 Å². The molecule has 0 unspecified atom stereocenters. The Labute approximate surface area is 204 Å². The minimum Gasteiger partial charge on any atom is -0.369 e. The molecule has 1 aliphatic rings. The smallest absolute Gasteiger partial charge is 0.229 e. The van der Waals surface area contributed by atoms with Crippen molar-refractivity contribution in [2.24, 2.45) is 0 Å². The van der Waals surface area contributed by atoms with Crippen molar-refractivity contribution in [3.8, 4) is 0 Å². The van der Waals surface area contributed by atoms with Crippen molar-refractivity contribution in [3.63, 3.8) is 0 Å². The van der Waals surface area contributed by atoms with Crippen molar-refractivity contribution in [1.82, 2.24) is 24.8 Å². The molecule has 1 amide bonds. The minimum absolute atomic E-state index is 0.0615. The van der Waals surface area contributed by atoms with Gasteiger partial charge in [-0.2, -0.15) is 4.98 Å². The van der Waals surface area contributed by atoms with Gasteiger partial charge in [0, 0.05) is 80.6 Å². The Morgan fingerprint density at radius 3 is 2.80 bits per heavy atom. The number of fused-ring (bicyclic) bond motifs is 1. The van der Waals surface area contributed by atoms with Crippen LogP contribution in [0.1, 0.15) is 19.4 Å². The van der Waals surface area contributed by atoms with E-state index in [-0.39, 0.29) is 5.91 Å². The SMILES string of the molecule is CC(=O)N(C)c1ncccc1Cn1ccc2cnc(Nc3ccc(N4CCN[C@@H](C)C4)cc3)nc21. The summed E-state index contributed by atoms with van der Waals surface area (Å²) in [5.74, 6) is 1.12. The summed E-state index contributed by atoms with van der Waals surface area (Å²) in [6.45, 7) is 7.30. The molecular weight excluding hydrogens is 440 g/mol. The molecule has 1 saturated heterocycles. The van der Waals surface area contributed by atoms with Gasteiger partial charge in [-0.25, -0.2) is 9.97 Å². The fourth-order valence-electron chi connectivity index (χ4n) is 4.40. The highest BCUT2D eigenvalue weighted by Crippen LogP contribution is 2.24. The van der Waals surface area contributed by atoms with E-state index in [4.69, 9.17) is 4.98 Å². The first-order valence-corrected chi connectivity index (χ1v) is 11.8. The Bertz CT molecular complexity index is 1330. The van der Waals surface area contributed by atoms with Gasteiger partial charge in [0.2, 0.25) is 11.9 Å². The number of carbonyl (C=O) groups is 1. The monoisotopic (exact) mass is 470 g/mol. The third kappa shape index (κ3) is 4.95. The van der Waals surface area contributed by atoms with Crippen LogP contribution in [0.25, 0.3) is 11.0 Å². The molecule has 9 heteroatoms. The summed E-state index contributed by atoms with van der Waals surface area (Å²) >= 11 is 0. The van der Waals surface area contributed by atoms with Crippen LogP contribution in [0.5, 0.6) is 0 Å². The number of amides is 1. The number of hydrogen-bond acceptors (Lipinski definition) is 7. The van der Waals surface area contributed by atoms with E-state index in [1.165, 1.54) is 12.6 Å². The van der Waals surface area contributed by atoms with Crippen LogP contribution in [-0.2, 0) is 11.3 Å². The summed E-state index contributed by atoms with van der Waals surface area (Å²) in [5.41, 5.74) is 3.91. The Morgan fingerprint density at radius 1 is 1.20 bits per heavy atom. The zero-order valence-corrected chi connectivity index (χ0v) is 20.3. The maximum absolute atomic E-state index is 11.9. The van der Waals surface area contributed by atoms with Crippen LogP contribution in [-0.4, -0.2) is 58.1 Å². The topological polar surface area (TPSA) is 91.2 Å². The Kier molecular flexibility index (Phi) is 6.33. The van der Waals surface area contributed by atoms with Crippen molar-refractivity contribution in [2.75, 3.05) is 41.8 Å². The van der Waals surface area contributed by atoms with Crippen LogP contribution in [0.15, 0.2) is 61.1 Å². The van der Waals surface area contributed by atoms with Gasteiger partial charge in [0.15, 0.2) is 0 Å². The first-order chi connectivity index (χ1) is 17.0. The number of aromatic nitrogens is 4. The largest absolute Gasteiger partial charge is 0.369 e. The fourth-order valence-corrected chi connectivity index (χ4v) is 4.40. The normalized spacial score (nSPS) is 15.9. The average molecular weight is 471 g/mol. The molecule has 0 aliphatic carbocycles. The van der Waals surface area contributed by atoms with Crippen molar-refractivity contribution in [1.29, 1.82) is 0 Å². The summed E-state index contributed by atoms with van der Waals surface area (Å²) < 4.78 is 2.05. The Hall–Kier alpha value is -3.98. The number of pyridine rings is 1. The van der Waals surface area contributed by atoms with E-state index >= 15 is 0 Å². The van der Waals surface area contributed by atoms with Gasteiger partial charge >= 0.3 is 0 Å². The molecule has 3 aromatic heterocycles. The molecule has 4 heterocycles. The van der Waals surface area contributed by atoms with Gasteiger partial charge in [0.1, 0.15) is 11.5 Å². The molecule has 1 aliphatic heterocycles. The third-order valence-electron chi connectivity index (χ3n) is 6.36. The van der Waals surface area contributed by atoms with Gasteiger partial charge in [-0.05, 0) is 43.3 Å². The number of carbonyl (C=O) groups excluding carboxylic acids is 1. The van der Waals surface area contributed by atoms with Crippen LogP contribution >= 0.6 is 0 Å². The van der Waals surface area contributed by atoms with E-state index in [0.29, 0.717) is 24.4 Å². The second kappa shape index (κ2) is 9.71. The molecule has 1 fully saturated rings.